The first kappa shape index (κ1) is 10.3. The molecule has 0 unspecified atom stereocenters. The zero-order valence-corrected chi connectivity index (χ0v) is 8.78. The second-order valence-electron chi connectivity index (χ2n) is 3.22. The number of hydrogen-bond acceptors (Lipinski definition) is 4. The lowest BCUT2D eigenvalue weighted by Crippen LogP contribution is -2.41. The number of ether oxygens (including phenoxy) is 1. The molecule has 2 rings (SSSR count). The topological polar surface area (TPSA) is 55.3 Å². The molecule has 1 aliphatic rings. The Labute approximate surface area is 92.0 Å². The molecule has 1 aromatic rings. The van der Waals surface area contributed by atoms with Gasteiger partial charge in [0.2, 0.25) is 5.91 Å². The van der Waals surface area contributed by atoms with E-state index >= 15 is 0 Å². The van der Waals surface area contributed by atoms with Gasteiger partial charge in [-0.05, 0) is 12.1 Å². The predicted molar refractivity (Wildman–Crippen MR) is 53.3 cm³/mol. The summed E-state index contributed by atoms with van der Waals surface area (Å²) < 4.78 is 5.02. The van der Waals surface area contributed by atoms with Gasteiger partial charge in [-0.15, -0.1) is 5.10 Å². The van der Waals surface area contributed by atoms with Crippen molar-refractivity contribution in [2.75, 3.05) is 19.8 Å². The molecule has 0 spiro atoms. The number of hydrogen-bond donors (Lipinski definition) is 0. The van der Waals surface area contributed by atoms with Gasteiger partial charge in [0.25, 0.3) is 0 Å². The van der Waals surface area contributed by atoms with Crippen molar-refractivity contribution in [3.8, 4) is 0 Å². The predicted octanol–water partition coefficient (Wildman–Crippen LogP) is 0.489. The molecule has 0 aromatic carbocycles. The molecule has 1 saturated heterocycles. The summed E-state index contributed by atoms with van der Waals surface area (Å²) in [6.07, 6.45) is 0. The van der Waals surface area contributed by atoms with Crippen LogP contribution in [0.2, 0.25) is 5.15 Å². The SMILES string of the molecule is O=C1COCCN1Cc1ccc(Cl)nn1. The maximum Gasteiger partial charge on any atom is 0.249 e. The first-order valence-electron chi connectivity index (χ1n) is 4.59. The first-order chi connectivity index (χ1) is 7.25. The highest BCUT2D eigenvalue weighted by Gasteiger charge is 2.18. The summed E-state index contributed by atoms with van der Waals surface area (Å²) in [6, 6.07) is 3.42. The fourth-order valence-corrected chi connectivity index (χ4v) is 1.44. The van der Waals surface area contributed by atoms with Gasteiger partial charge in [0.05, 0.1) is 18.8 Å². The van der Waals surface area contributed by atoms with Crippen LogP contribution in [0.15, 0.2) is 12.1 Å². The Morgan fingerprint density at radius 2 is 2.33 bits per heavy atom. The number of carbonyl (C=O) groups excluding carboxylic acids is 1. The Morgan fingerprint density at radius 3 is 3.00 bits per heavy atom. The highest BCUT2D eigenvalue weighted by molar-refractivity contribution is 6.29. The largest absolute Gasteiger partial charge is 0.370 e. The van der Waals surface area contributed by atoms with Gasteiger partial charge >= 0.3 is 0 Å². The molecule has 1 fully saturated rings. The van der Waals surface area contributed by atoms with E-state index in [0.29, 0.717) is 24.8 Å². The lowest BCUT2D eigenvalue weighted by molar-refractivity contribution is -0.143. The maximum absolute atomic E-state index is 11.4. The van der Waals surface area contributed by atoms with E-state index < -0.39 is 0 Å². The average molecular weight is 228 g/mol. The third-order valence-electron chi connectivity index (χ3n) is 2.12. The second kappa shape index (κ2) is 4.55. The van der Waals surface area contributed by atoms with E-state index in [1.807, 2.05) is 0 Å². The molecule has 0 radical (unpaired) electrons. The molecule has 80 valence electrons. The summed E-state index contributed by atoms with van der Waals surface area (Å²) >= 11 is 5.61. The highest BCUT2D eigenvalue weighted by atomic mass is 35.5. The van der Waals surface area contributed by atoms with Crippen LogP contribution in [0.1, 0.15) is 5.69 Å². The first-order valence-corrected chi connectivity index (χ1v) is 4.97. The summed E-state index contributed by atoms with van der Waals surface area (Å²) in [6.45, 7) is 1.79. The Morgan fingerprint density at radius 1 is 1.47 bits per heavy atom. The second-order valence-corrected chi connectivity index (χ2v) is 3.60. The number of halogens is 1. The van der Waals surface area contributed by atoms with Crippen molar-refractivity contribution in [1.82, 2.24) is 15.1 Å². The summed E-state index contributed by atoms with van der Waals surface area (Å²) in [5.41, 5.74) is 0.731. The van der Waals surface area contributed by atoms with Crippen LogP contribution < -0.4 is 0 Å². The normalized spacial score (nSPS) is 16.9. The van der Waals surface area contributed by atoms with Gasteiger partial charge in [-0.3, -0.25) is 4.79 Å². The molecule has 0 bridgehead atoms. The lowest BCUT2D eigenvalue weighted by Gasteiger charge is -2.26. The van der Waals surface area contributed by atoms with E-state index in [-0.39, 0.29) is 12.5 Å². The molecular formula is C9H10ClN3O2. The quantitative estimate of drug-likeness (QED) is 0.738. The van der Waals surface area contributed by atoms with E-state index in [0.717, 1.165) is 5.69 Å². The summed E-state index contributed by atoms with van der Waals surface area (Å²) in [4.78, 5) is 13.1. The number of aromatic nitrogens is 2. The van der Waals surface area contributed by atoms with Crippen LogP contribution in [-0.2, 0) is 16.1 Å². The van der Waals surface area contributed by atoms with E-state index in [1.165, 1.54) is 0 Å². The average Bonchev–Trinajstić information content (AvgIpc) is 2.25. The van der Waals surface area contributed by atoms with Crippen LogP contribution in [0.3, 0.4) is 0 Å². The van der Waals surface area contributed by atoms with Crippen LogP contribution in [-0.4, -0.2) is 40.8 Å². The van der Waals surface area contributed by atoms with Crippen molar-refractivity contribution in [3.05, 3.63) is 23.0 Å². The molecule has 1 amide bonds. The van der Waals surface area contributed by atoms with Crippen LogP contribution in [0.4, 0.5) is 0 Å². The fourth-order valence-electron chi connectivity index (χ4n) is 1.34. The lowest BCUT2D eigenvalue weighted by atomic mass is 10.3. The summed E-state index contributed by atoms with van der Waals surface area (Å²) in [5, 5.41) is 7.96. The van der Waals surface area contributed by atoms with Crippen molar-refractivity contribution >= 4 is 17.5 Å². The van der Waals surface area contributed by atoms with E-state index in [2.05, 4.69) is 10.2 Å². The van der Waals surface area contributed by atoms with Crippen molar-refractivity contribution in [2.45, 2.75) is 6.54 Å². The minimum absolute atomic E-state index is 0.0157. The van der Waals surface area contributed by atoms with Gasteiger partial charge in [-0.1, -0.05) is 11.6 Å². The highest BCUT2D eigenvalue weighted by Crippen LogP contribution is 2.07. The maximum atomic E-state index is 11.4. The van der Waals surface area contributed by atoms with Gasteiger partial charge in [-0.2, -0.15) is 5.10 Å². The molecule has 2 heterocycles. The van der Waals surface area contributed by atoms with Crippen molar-refractivity contribution < 1.29 is 9.53 Å². The Hall–Kier alpha value is -1.20. The van der Waals surface area contributed by atoms with Crippen molar-refractivity contribution in [3.63, 3.8) is 0 Å². The van der Waals surface area contributed by atoms with Crippen molar-refractivity contribution in [1.29, 1.82) is 0 Å². The zero-order valence-electron chi connectivity index (χ0n) is 8.02. The number of nitrogens with zero attached hydrogens (tertiary/aromatic N) is 3. The number of morpholine rings is 1. The van der Waals surface area contributed by atoms with Crippen molar-refractivity contribution in [2.24, 2.45) is 0 Å². The third-order valence-corrected chi connectivity index (χ3v) is 2.33. The van der Waals surface area contributed by atoms with Gasteiger partial charge < -0.3 is 9.64 Å². The van der Waals surface area contributed by atoms with Crippen LogP contribution in [0, 0.1) is 0 Å². The molecule has 0 saturated carbocycles. The molecule has 1 aliphatic heterocycles. The van der Waals surface area contributed by atoms with Gasteiger partial charge in [0.1, 0.15) is 6.61 Å². The molecular weight excluding hydrogens is 218 g/mol. The van der Waals surface area contributed by atoms with E-state index in [1.54, 1.807) is 17.0 Å². The van der Waals surface area contributed by atoms with Crippen LogP contribution >= 0.6 is 11.6 Å². The molecule has 6 heteroatoms. The standard InChI is InChI=1S/C9H10ClN3O2/c10-8-2-1-7(11-12-8)5-13-3-4-15-6-9(13)14/h1-2H,3-6H2. The van der Waals surface area contributed by atoms with Crippen LogP contribution in [0.5, 0.6) is 0 Å². The minimum atomic E-state index is -0.0157. The molecule has 0 N–H and O–H groups in total. The summed E-state index contributed by atoms with van der Waals surface area (Å²) in [5.74, 6) is -0.0157. The van der Waals surface area contributed by atoms with E-state index in [9.17, 15) is 4.79 Å². The van der Waals surface area contributed by atoms with Gasteiger partial charge in [0, 0.05) is 6.54 Å². The number of carbonyl (C=O) groups is 1. The molecule has 0 aliphatic carbocycles. The minimum Gasteiger partial charge on any atom is -0.370 e. The zero-order chi connectivity index (χ0) is 10.7. The Kier molecular flexibility index (Phi) is 3.13. The third kappa shape index (κ3) is 2.64. The molecule has 15 heavy (non-hydrogen) atoms. The Bertz CT molecular complexity index is 355. The van der Waals surface area contributed by atoms with E-state index in [4.69, 9.17) is 16.3 Å². The molecule has 0 atom stereocenters. The monoisotopic (exact) mass is 227 g/mol. The fraction of sp³-hybridized carbons (Fsp3) is 0.444. The Balaban J connectivity index is 2.01. The smallest absolute Gasteiger partial charge is 0.249 e. The number of amides is 1. The van der Waals surface area contributed by atoms with Crippen LogP contribution in [0.25, 0.3) is 0 Å². The van der Waals surface area contributed by atoms with Gasteiger partial charge in [-0.25, -0.2) is 0 Å². The number of rotatable bonds is 2. The van der Waals surface area contributed by atoms with Gasteiger partial charge in [0.15, 0.2) is 5.15 Å². The molecule has 5 nitrogen and oxygen atoms in total. The molecule has 1 aromatic heterocycles. The summed E-state index contributed by atoms with van der Waals surface area (Å²) in [7, 11) is 0.